The maximum Gasteiger partial charge on any atom is 0.277 e. The van der Waals surface area contributed by atoms with E-state index >= 15 is 0 Å². The van der Waals surface area contributed by atoms with Gasteiger partial charge in [-0.2, -0.15) is 5.10 Å². The molecule has 8 heteroatoms. The molecule has 2 rings (SSSR count). The van der Waals surface area contributed by atoms with Crippen molar-refractivity contribution in [2.75, 3.05) is 31.7 Å². The lowest BCUT2D eigenvalue weighted by molar-refractivity contribution is -0.127. The number of nitrogens with one attached hydrogen (secondary N) is 1. The second-order valence-corrected chi connectivity index (χ2v) is 5.41. The van der Waals surface area contributed by atoms with E-state index in [0.29, 0.717) is 37.6 Å². The SMILES string of the molecule is CC(=O)c1ccc(N/N=C(\C(=O)N2CCOCC2)C(N)=S)cc1. The van der Waals surface area contributed by atoms with E-state index in [4.69, 9.17) is 22.7 Å². The van der Waals surface area contributed by atoms with Gasteiger partial charge >= 0.3 is 0 Å². The molecule has 0 aromatic heterocycles. The standard InChI is InChI=1S/C15H18N4O3S/c1-10(20)11-2-4-12(5-3-11)17-18-13(14(16)23)15(21)19-6-8-22-9-7-19/h2-5,17H,6-9H2,1H3,(H2,16,23)/b18-13-. The van der Waals surface area contributed by atoms with Crippen molar-refractivity contribution in [3.63, 3.8) is 0 Å². The summed E-state index contributed by atoms with van der Waals surface area (Å²) in [7, 11) is 0. The fraction of sp³-hybridized carbons (Fsp3) is 0.333. The number of thiocarbonyl (C=S) groups is 1. The first-order chi connectivity index (χ1) is 11.0. The van der Waals surface area contributed by atoms with E-state index in [-0.39, 0.29) is 22.4 Å². The second-order valence-electron chi connectivity index (χ2n) is 4.97. The average molecular weight is 334 g/mol. The second kappa shape index (κ2) is 7.80. The minimum atomic E-state index is -0.325. The average Bonchev–Trinajstić information content (AvgIpc) is 2.55. The van der Waals surface area contributed by atoms with Crippen molar-refractivity contribution in [2.45, 2.75) is 6.92 Å². The van der Waals surface area contributed by atoms with Gasteiger partial charge in [-0.25, -0.2) is 0 Å². The summed E-state index contributed by atoms with van der Waals surface area (Å²) in [6, 6.07) is 6.72. The Morgan fingerprint density at radius 2 is 1.87 bits per heavy atom. The Balaban J connectivity index is 2.10. The minimum absolute atomic E-state index is 0.00227. The first-order valence-electron chi connectivity index (χ1n) is 7.10. The Morgan fingerprint density at radius 1 is 1.26 bits per heavy atom. The molecule has 0 spiro atoms. The van der Waals surface area contributed by atoms with Crippen LogP contribution in [0.4, 0.5) is 5.69 Å². The van der Waals surface area contributed by atoms with Crippen LogP contribution in [0.2, 0.25) is 0 Å². The largest absolute Gasteiger partial charge is 0.388 e. The molecule has 1 saturated heterocycles. The van der Waals surface area contributed by atoms with Gasteiger partial charge in [-0.3, -0.25) is 15.0 Å². The van der Waals surface area contributed by atoms with Gasteiger partial charge in [0.1, 0.15) is 4.99 Å². The number of nitrogens with zero attached hydrogens (tertiary/aromatic N) is 2. The summed E-state index contributed by atoms with van der Waals surface area (Å²) in [5.41, 5.74) is 9.57. The molecule has 23 heavy (non-hydrogen) atoms. The maximum atomic E-state index is 12.4. The van der Waals surface area contributed by atoms with Crippen molar-refractivity contribution in [2.24, 2.45) is 10.8 Å². The lowest BCUT2D eigenvalue weighted by Crippen LogP contribution is -2.47. The Morgan fingerprint density at radius 3 is 2.39 bits per heavy atom. The quantitative estimate of drug-likeness (QED) is 0.358. The molecule has 122 valence electrons. The molecule has 0 bridgehead atoms. The van der Waals surface area contributed by atoms with Crippen LogP contribution in [0, 0.1) is 0 Å². The molecule has 0 aliphatic carbocycles. The zero-order valence-corrected chi connectivity index (χ0v) is 13.6. The predicted octanol–water partition coefficient (Wildman–Crippen LogP) is 0.802. The lowest BCUT2D eigenvalue weighted by atomic mass is 10.1. The number of amides is 1. The van der Waals surface area contributed by atoms with E-state index in [9.17, 15) is 9.59 Å². The molecule has 1 heterocycles. The van der Waals surface area contributed by atoms with Crippen LogP contribution < -0.4 is 11.2 Å². The summed E-state index contributed by atoms with van der Waals surface area (Å²) >= 11 is 4.92. The van der Waals surface area contributed by atoms with Crippen molar-refractivity contribution in [3.05, 3.63) is 29.8 Å². The predicted molar refractivity (Wildman–Crippen MR) is 91.7 cm³/mol. The Kier molecular flexibility index (Phi) is 5.78. The van der Waals surface area contributed by atoms with E-state index in [1.54, 1.807) is 29.2 Å². The van der Waals surface area contributed by atoms with Gasteiger partial charge in [0.05, 0.1) is 18.9 Å². The molecule has 0 unspecified atom stereocenters. The molecule has 1 amide bonds. The number of carbonyl (C=O) groups is 2. The van der Waals surface area contributed by atoms with Gasteiger partial charge < -0.3 is 15.4 Å². The van der Waals surface area contributed by atoms with E-state index in [1.165, 1.54) is 6.92 Å². The van der Waals surface area contributed by atoms with Crippen LogP contribution in [0.3, 0.4) is 0 Å². The van der Waals surface area contributed by atoms with Crippen molar-refractivity contribution in [1.29, 1.82) is 0 Å². The third-order valence-electron chi connectivity index (χ3n) is 3.32. The van der Waals surface area contributed by atoms with Gasteiger partial charge in [-0.15, -0.1) is 0 Å². The molecular weight excluding hydrogens is 316 g/mol. The highest BCUT2D eigenvalue weighted by Crippen LogP contribution is 2.10. The van der Waals surface area contributed by atoms with Gasteiger partial charge in [0, 0.05) is 18.7 Å². The van der Waals surface area contributed by atoms with Crippen molar-refractivity contribution < 1.29 is 14.3 Å². The Bertz CT molecular complexity index is 637. The minimum Gasteiger partial charge on any atom is -0.388 e. The molecule has 1 aromatic rings. The molecule has 1 aromatic carbocycles. The van der Waals surface area contributed by atoms with Crippen molar-refractivity contribution >= 4 is 40.3 Å². The monoisotopic (exact) mass is 334 g/mol. The highest BCUT2D eigenvalue weighted by Gasteiger charge is 2.23. The van der Waals surface area contributed by atoms with E-state index < -0.39 is 0 Å². The zero-order valence-electron chi connectivity index (χ0n) is 12.7. The first-order valence-corrected chi connectivity index (χ1v) is 7.51. The summed E-state index contributed by atoms with van der Waals surface area (Å²) in [4.78, 5) is 25.2. The van der Waals surface area contributed by atoms with Crippen molar-refractivity contribution in [1.82, 2.24) is 4.90 Å². The number of rotatable bonds is 5. The smallest absolute Gasteiger partial charge is 0.277 e. The molecule has 1 aliphatic heterocycles. The number of hydrogen-bond acceptors (Lipinski definition) is 6. The number of hydrazone groups is 1. The molecule has 7 nitrogen and oxygen atoms in total. The number of Topliss-reactive ketones (excluding diaryl/α,β-unsaturated/α-hetero) is 1. The third-order valence-corrected chi connectivity index (χ3v) is 3.52. The topological polar surface area (TPSA) is 97.0 Å². The number of hydrogen-bond donors (Lipinski definition) is 2. The highest BCUT2D eigenvalue weighted by atomic mass is 32.1. The highest BCUT2D eigenvalue weighted by molar-refractivity contribution is 7.82. The molecule has 0 atom stereocenters. The number of anilines is 1. The number of morpholine rings is 1. The van der Waals surface area contributed by atoms with Gasteiger partial charge in [0.2, 0.25) is 0 Å². The first kappa shape index (κ1) is 17.0. The van der Waals surface area contributed by atoms with Crippen LogP contribution in [-0.4, -0.2) is 53.6 Å². The summed E-state index contributed by atoms with van der Waals surface area (Å²) in [5, 5.41) is 4.03. The van der Waals surface area contributed by atoms with E-state index in [2.05, 4.69) is 10.5 Å². The van der Waals surface area contributed by atoms with Crippen LogP contribution in [-0.2, 0) is 9.53 Å². The van der Waals surface area contributed by atoms with Crippen LogP contribution in [0.5, 0.6) is 0 Å². The number of ketones is 1. The maximum absolute atomic E-state index is 12.4. The number of ether oxygens (including phenoxy) is 1. The van der Waals surface area contributed by atoms with Gasteiger partial charge in [0.25, 0.3) is 5.91 Å². The molecule has 1 fully saturated rings. The van der Waals surface area contributed by atoms with Crippen LogP contribution >= 0.6 is 12.2 Å². The molecule has 0 radical (unpaired) electrons. The molecule has 0 saturated carbocycles. The third kappa shape index (κ3) is 4.57. The fourth-order valence-electron chi connectivity index (χ4n) is 2.02. The van der Waals surface area contributed by atoms with Gasteiger partial charge in [-0.1, -0.05) is 12.2 Å². The van der Waals surface area contributed by atoms with Crippen LogP contribution in [0.15, 0.2) is 29.4 Å². The zero-order chi connectivity index (χ0) is 16.8. The van der Waals surface area contributed by atoms with E-state index in [1.807, 2.05) is 0 Å². The summed E-state index contributed by atoms with van der Waals surface area (Å²) in [5.74, 6) is -0.347. The molecular formula is C15H18N4O3S. The van der Waals surface area contributed by atoms with E-state index in [0.717, 1.165) is 0 Å². The normalized spacial score (nSPS) is 15.2. The summed E-state index contributed by atoms with van der Waals surface area (Å²) in [6.45, 7) is 3.42. The van der Waals surface area contributed by atoms with Crippen molar-refractivity contribution in [3.8, 4) is 0 Å². The number of carbonyl (C=O) groups excluding carboxylic acids is 2. The summed E-state index contributed by atoms with van der Waals surface area (Å²) < 4.78 is 5.21. The molecule has 3 N–H and O–H groups in total. The van der Waals surface area contributed by atoms with Gasteiger partial charge in [-0.05, 0) is 31.2 Å². The molecule has 1 aliphatic rings. The Labute approximate surface area is 139 Å². The Hall–Kier alpha value is -2.32. The fourth-order valence-corrected chi connectivity index (χ4v) is 2.16. The van der Waals surface area contributed by atoms with Crippen LogP contribution in [0.25, 0.3) is 0 Å². The van der Waals surface area contributed by atoms with Gasteiger partial charge in [0.15, 0.2) is 11.5 Å². The number of benzene rings is 1. The lowest BCUT2D eigenvalue weighted by Gasteiger charge is -2.26. The summed E-state index contributed by atoms with van der Waals surface area (Å²) in [6.07, 6.45) is 0. The number of nitrogens with two attached hydrogens (primary N) is 1. The van der Waals surface area contributed by atoms with Crippen LogP contribution in [0.1, 0.15) is 17.3 Å².